The summed E-state index contributed by atoms with van der Waals surface area (Å²) in [5.41, 5.74) is 2.16. The van der Waals surface area contributed by atoms with E-state index in [0.717, 1.165) is 49.7 Å². The van der Waals surface area contributed by atoms with Gasteiger partial charge in [-0.05, 0) is 73.8 Å². The van der Waals surface area contributed by atoms with Gasteiger partial charge in [0.25, 0.3) is 0 Å². The molecule has 17 rings (SSSR count). The summed E-state index contributed by atoms with van der Waals surface area (Å²) in [6.45, 7) is 17.6. The number of fused-ring (bicyclic) bond motifs is 11. The van der Waals surface area contributed by atoms with Crippen LogP contribution in [0.4, 0.5) is 0 Å². The summed E-state index contributed by atoms with van der Waals surface area (Å²) in [6, 6.07) is 0. The van der Waals surface area contributed by atoms with E-state index in [4.69, 9.17) is 75.8 Å². The average Bonchev–Trinajstić information content (AvgIpc) is 3.52. The first kappa shape index (κ1) is 53.7. The molecular formula is C61H86O19. The minimum Gasteiger partial charge on any atom is -0.459 e. The molecule has 16 unspecified atom stereocenters. The highest BCUT2D eigenvalue weighted by Crippen LogP contribution is 2.58. The minimum absolute atomic E-state index is 0.0140. The highest BCUT2D eigenvalue weighted by molar-refractivity contribution is 5.70. The largest absolute Gasteiger partial charge is 0.459 e. The third-order valence-corrected chi connectivity index (χ3v) is 22.6. The van der Waals surface area contributed by atoms with Gasteiger partial charge < -0.3 is 86.0 Å². The zero-order valence-electron chi connectivity index (χ0n) is 47.0. The third kappa shape index (κ3) is 8.99. The van der Waals surface area contributed by atoms with E-state index in [1.54, 1.807) is 0 Å². The van der Waals surface area contributed by atoms with Gasteiger partial charge in [0.05, 0.1) is 129 Å². The molecule has 0 radical (unpaired) electrons. The molecule has 0 amide bonds. The van der Waals surface area contributed by atoms with E-state index in [1.807, 2.05) is 0 Å². The summed E-state index contributed by atoms with van der Waals surface area (Å²) in [7, 11) is 0. The Bertz CT molecular complexity index is 2410. The molecule has 0 aliphatic carbocycles. The Morgan fingerprint density at radius 1 is 0.475 bits per heavy atom. The second-order valence-electron chi connectivity index (χ2n) is 28.1. The Hall–Kier alpha value is -1.73. The zero-order valence-corrected chi connectivity index (χ0v) is 47.0. The van der Waals surface area contributed by atoms with Crippen LogP contribution < -0.4 is 0 Å². The lowest BCUT2D eigenvalue weighted by molar-refractivity contribution is -0.369. The van der Waals surface area contributed by atoms with Gasteiger partial charge in [0.1, 0.15) is 42.7 Å². The molecule has 17 aliphatic rings. The number of hydrogen-bond donors (Lipinski definition) is 2. The molecule has 0 aromatic rings. The fourth-order valence-electron chi connectivity index (χ4n) is 18.8. The molecule has 0 aromatic carbocycles. The standard InChI is InChI=1S/C61H86O19/c1-26-13-32-7-9-36-27(2)14-34(65-36)11-12-59-23-47-55(79-59)56-57(73-47)58(80-59)54-37(70-56)10-8-33(67-54)15-49(64)74-53-31(6)52-44(69-43(53)16-38(66-32)30(26)5)19-42-46(72-52)22-61(75-42)24-48-51(78-61)29(4)21-60(77-48)20-28(3)50-45(76-60)18-40-41(71-50)17-39(68-40)35(63)25-62/h26,28-29,31-48,50-58,62-63H,2,5,7-25H2,1,3-4,6H3/t26-,28+,29+,31+,32+,33?,34?,35?,36+,37?,38?,39?,40?,41?,42-,43+,44+,45?,46-,47-,48?,50?,51?,52+,53?,54+,55?,56?,57-,58?,59+,60-,61+/m1/s1. The third-order valence-electron chi connectivity index (χ3n) is 22.6. The van der Waals surface area contributed by atoms with Gasteiger partial charge in [-0.2, -0.15) is 0 Å². The molecule has 17 fully saturated rings. The van der Waals surface area contributed by atoms with Crippen molar-refractivity contribution >= 4 is 5.97 Å². The van der Waals surface area contributed by atoms with Crippen LogP contribution in [0.5, 0.6) is 0 Å². The fourth-order valence-corrected chi connectivity index (χ4v) is 18.8. The first-order valence-corrected chi connectivity index (χ1v) is 31.4. The van der Waals surface area contributed by atoms with Crippen molar-refractivity contribution < 1.29 is 90.8 Å². The van der Waals surface area contributed by atoms with Crippen LogP contribution in [0, 0.1) is 23.7 Å². The maximum atomic E-state index is 14.6. The SMILES string of the molecule is C=C1C2C[C@@H]3O[C@H]4C[C@H]5O[C@@]6(CC7O[C@]8(C[C@H](C)C9OC%10CC(C(O)CO)OC%10CC9O8)C[C@H](C)C7O6)C[C@H]5O[C@H]4[C@H](C)C3OC(=O)CC3CCC4OC5C6O[C@]7(CCC8CC(=C)[C@H](CC[C@@H](C[C@H]1C)O2)O8)C[C@H]6O[C@H]5C(O7)[C@H]4O3. The van der Waals surface area contributed by atoms with Crippen molar-refractivity contribution in [1.82, 2.24) is 0 Å². The molecule has 444 valence electrons. The van der Waals surface area contributed by atoms with Crippen LogP contribution in [0.25, 0.3) is 0 Å². The second-order valence-corrected chi connectivity index (χ2v) is 28.1. The van der Waals surface area contributed by atoms with E-state index in [0.29, 0.717) is 70.6 Å². The first-order valence-electron chi connectivity index (χ1n) is 31.4. The molecule has 0 saturated carbocycles. The monoisotopic (exact) mass is 1120 g/mol. The Balaban J connectivity index is 0.628. The zero-order chi connectivity index (χ0) is 54.3. The first-order chi connectivity index (χ1) is 38.6. The molecule has 17 heterocycles. The normalized spacial score (nSPS) is 58.9. The molecule has 33 atom stereocenters. The van der Waals surface area contributed by atoms with Gasteiger partial charge in [-0.15, -0.1) is 0 Å². The number of carbonyl (C=O) groups is 1. The molecule has 19 heteroatoms. The average molecular weight is 1120 g/mol. The number of hydrogen-bond acceptors (Lipinski definition) is 19. The van der Waals surface area contributed by atoms with Crippen molar-refractivity contribution in [2.24, 2.45) is 23.7 Å². The van der Waals surface area contributed by atoms with Gasteiger partial charge in [-0.1, -0.05) is 40.9 Å². The summed E-state index contributed by atoms with van der Waals surface area (Å²) >= 11 is 0. The maximum absolute atomic E-state index is 14.6. The van der Waals surface area contributed by atoms with Crippen LogP contribution in [0.1, 0.15) is 143 Å². The van der Waals surface area contributed by atoms with E-state index in [-0.39, 0.29) is 159 Å². The number of rotatable bonds is 2. The second kappa shape index (κ2) is 19.9. The number of aliphatic hydroxyl groups is 2. The number of carbonyl (C=O) groups excluding carboxylic acids is 1. The summed E-state index contributed by atoms with van der Waals surface area (Å²) < 4.78 is 110. The van der Waals surface area contributed by atoms with E-state index < -0.39 is 60.1 Å². The summed E-state index contributed by atoms with van der Waals surface area (Å²) in [4.78, 5) is 14.6. The fraction of sp³-hybridized carbons (Fsp3) is 0.918. The van der Waals surface area contributed by atoms with Gasteiger partial charge in [0.2, 0.25) is 0 Å². The number of esters is 1. The van der Waals surface area contributed by atoms with Crippen LogP contribution >= 0.6 is 0 Å². The molecular weight excluding hydrogens is 1040 g/mol. The van der Waals surface area contributed by atoms with Crippen LogP contribution in [0.2, 0.25) is 0 Å². The summed E-state index contributed by atoms with van der Waals surface area (Å²) in [5.74, 6) is -2.60. The van der Waals surface area contributed by atoms with Crippen molar-refractivity contribution in [3.8, 4) is 0 Å². The topological polar surface area (TPSA) is 205 Å². The van der Waals surface area contributed by atoms with Crippen molar-refractivity contribution in [3.05, 3.63) is 24.3 Å². The van der Waals surface area contributed by atoms with E-state index >= 15 is 0 Å². The summed E-state index contributed by atoms with van der Waals surface area (Å²) in [6.07, 6.45) is 4.03. The molecule has 2 N–H and O–H groups in total. The van der Waals surface area contributed by atoms with Crippen LogP contribution in [0.15, 0.2) is 24.3 Å². The molecule has 3 spiro atoms. The van der Waals surface area contributed by atoms with Crippen LogP contribution in [-0.2, 0) is 80.6 Å². The number of ether oxygens (including phenoxy) is 16. The molecule has 19 nitrogen and oxygen atoms in total. The quantitative estimate of drug-likeness (QED) is 0.265. The Morgan fingerprint density at radius 2 is 1.12 bits per heavy atom. The van der Waals surface area contributed by atoms with Crippen molar-refractivity contribution in [1.29, 1.82) is 0 Å². The Labute approximate surface area is 469 Å². The molecule has 80 heavy (non-hydrogen) atoms. The molecule has 12 bridgehead atoms. The highest BCUT2D eigenvalue weighted by atomic mass is 16.8. The molecule has 0 aromatic heterocycles. The predicted molar refractivity (Wildman–Crippen MR) is 276 cm³/mol. The Morgan fingerprint density at radius 3 is 1.99 bits per heavy atom. The van der Waals surface area contributed by atoms with Gasteiger partial charge in [0.15, 0.2) is 17.4 Å². The van der Waals surface area contributed by atoms with E-state index in [1.165, 1.54) is 0 Å². The van der Waals surface area contributed by atoms with Crippen molar-refractivity contribution in [2.45, 2.75) is 319 Å². The van der Waals surface area contributed by atoms with Gasteiger partial charge in [-0.3, -0.25) is 4.79 Å². The van der Waals surface area contributed by atoms with Gasteiger partial charge >= 0.3 is 5.97 Å². The Kier molecular flexibility index (Phi) is 13.4. The summed E-state index contributed by atoms with van der Waals surface area (Å²) in [5, 5.41) is 20.0. The van der Waals surface area contributed by atoms with Crippen molar-refractivity contribution in [3.63, 3.8) is 0 Å². The molecule has 17 aliphatic heterocycles. The minimum atomic E-state index is -0.941. The molecule has 17 saturated heterocycles. The highest BCUT2D eigenvalue weighted by Gasteiger charge is 2.70. The van der Waals surface area contributed by atoms with Crippen LogP contribution in [0.3, 0.4) is 0 Å². The lowest BCUT2D eigenvalue weighted by Crippen LogP contribution is -2.62. The lowest BCUT2D eigenvalue weighted by atomic mass is 9.78. The predicted octanol–water partition coefficient (Wildman–Crippen LogP) is 5.33. The van der Waals surface area contributed by atoms with Crippen molar-refractivity contribution in [2.75, 3.05) is 6.61 Å². The van der Waals surface area contributed by atoms with Gasteiger partial charge in [-0.25, -0.2) is 0 Å². The van der Waals surface area contributed by atoms with E-state index in [9.17, 15) is 15.0 Å². The number of aliphatic hydroxyl groups excluding tert-OH is 2. The van der Waals surface area contributed by atoms with Crippen LogP contribution in [-0.4, -0.2) is 199 Å². The van der Waals surface area contributed by atoms with Gasteiger partial charge in [0, 0.05) is 70.1 Å². The smallest absolute Gasteiger partial charge is 0.308 e. The van der Waals surface area contributed by atoms with E-state index in [2.05, 4.69) is 40.9 Å². The lowest BCUT2D eigenvalue weighted by Gasteiger charge is -2.54. The maximum Gasteiger partial charge on any atom is 0.308 e.